The third kappa shape index (κ3) is 3.43. The molecule has 2 heterocycles. The summed E-state index contributed by atoms with van der Waals surface area (Å²) in [6.45, 7) is 2.42. The monoisotopic (exact) mass is 306 g/mol. The van der Waals surface area contributed by atoms with Crippen molar-refractivity contribution in [1.29, 1.82) is 0 Å². The van der Waals surface area contributed by atoms with Gasteiger partial charge in [0.2, 0.25) is 0 Å². The first-order valence-corrected chi connectivity index (χ1v) is 8.38. The van der Waals surface area contributed by atoms with E-state index in [0.29, 0.717) is 24.0 Å². The summed E-state index contributed by atoms with van der Waals surface area (Å²) in [5.74, 6) is 0. The SMILES string of the molecule is Cc1ncccc1NS(=O)(=O)c1c[nH]c(CNC2CC2)c1. The molecule has 0 aliphatic heterocycles. The smallest absolute Gasteiger partial charge is 0.263 e. The highest BCUT2D eigenvalue weighted by Crippen LogP contribution is 2.21. The Morgan fingerprint density at radius 2 is 2.24 bits per heavy atom. The fourth-order valence-electron chi connectivity index (χ4n) is 2.01. The molecule has 1 fully saturated rings. The number of hydrogen-bond acceptors (Lipinski definition) is 4. The van der Waals surface area contributed by atoms with Gasteiger partial charge in [0.1, 0.15) is 4.90 Å². The molecule has 0 amide bonds. The van der Waals surface area contributed by atoms with Crippen LogP contribution in [0.2, 0.25) is 0 Å². The lowest BCUT2D eigenvalue weighted by Gasteiger charge is -2.08. The first-order chi connectivity index (χ1) is 10.0. The zero-order valence-electron chi connectivity index (χ0n) is 11.8. The van der Waals surface area contributed by atoms with Crippen molar-refractivity contribution in [2.75, 3.05) is 4.72 Å². The van der Waals surface area contributed by atoms with Crippen molar-refractivity contribution < 1.29 is 8.42 Å². The van der Waals surface area contributed by atoms with Gasteiger partial charge < -0.3 is 10.3 Å². The van der Waals surface area contributed by atoms with E-state index in [1.54, 1.807) is 31.3 Å². The van der Waals surface area contributed by atoms with E-state index in [1.807, 2.05) is 0 Å². The third-order valence-electron chi connectivity index (χ3n) is 3.44. The molecule has 3 N–H and O–H groups in total. The minimum absolute atomic E-state index is 0.235. The number of nitrogens with one attached hydrogen (secondary N) is 3. The highest BCUT2D eigenvalue weighted by molar-refractivity contribution is 7.92. The van der Waals surface area contributed by atoms with Gasteiger partial charge >= 0.3 is 0 Å². The summed E-state index contributed by atoms with van der Waals surface area (Å²) in [5, 5.41) is 3.34. The molecule has 0 bridgehead atoms. The van der Waals surface area contributed by atoms with Gasteiger partial charge in [0.05, 0.1) is 11.4 Å². The first kappa shape index (κ1) is 14.1. The molecule has 0 aromatic carbocycles. The van der Waals surface area contributed by atoms with Gasteiger partial charge in [-0.05, 0) is 38.0 Å². The number of nitrogens with zero attached hydrogens (tertiary/aromatic N) is 1. The van der Waals surface area contributed by atoms with Crippen LogP contribution in [0.15, 0.2) is 35.5 Å². The zero-order valence-corrected chi connectivity index (χ0v) is 12.6. The number of pyridine rings is 1. The van der Waals surface area contributed by atoms with E-state index in [4.69, 9.17) is 0 Å². The molecule has 0 atom stereocenters. The van der Waals surface area contributed by atoms with Crippen LogP contribution >= 0.6 is 0 Å². The Morgan fingerprint density at radius 1 is 1.43 bits per heavy atom. The van der Waals surface area contributed by atoms with Crippen molar-refractivity contribution >= 4 is 15.7 Å². The lowest BCUT2D eigenvalue weighted by molar-refractivity contribution is 0.601. The predicted octanol–water partition coefficient (Wildman–Crippen LogP) is 1.77. The molecule has 0 radical (unpaired) electrons. The second kappa shape index (κ2) is 5.50. The first-order valence-electron chi connectivity index (χ1n) is 6.90. The summed E-state index contributed by atoms with van der Waals surface area (Å²) >= 11 is 0. The zero-order chi connectivity index (χ0) is 14.9. The number of aromatic nitrogens is 2. The average Bonchev–Trinajstić information content (AvgIpc) is 3.15. The summed E-state index contributed by atoms with van der Waals surface area (Å²) in [7, 11) is -3.59. The summed E-state index contributed by atoms with van der Waals surface area (Å²) in [6, 6.07) is 5.64. The van der Waals surface area contributed by atoms with Crippen molar-refractivity contribution in [2.45, 2.75) is 37.2 Å². The van der Waals surface area contributed by atoms with E-state index in [1.165, 1.54) is 19.0 Å². The number of aromatic amines is 1. The van der Waals surface area contributed by atoms with Crippen LogP contribution in [-0.4, -0.2) is 24.4 Å². The minimum Gasteiger partial charge on any atom is -0.363 e. The fraction of sp³-hybridized carbons (Fsp3) is 0.357. The topological polar surface area (TPSA) is 86.9 Å². The maximum absolute atomic E-state index is 12.3. The molecule has 112 valence electrons. The number of hydrogen-bond donors (Lipinski definition) is 3. The summed E-state index contributed by atoms with van der Waals surface area (Å²) in [4.78, 5) is 7.31. The van der Waals surface area contributed by atoms with Gasteiger partial charge in [-0.2, -0.15) is 0 Å². The molecule has 6 nitrogen and oxygen atoms in total. The van der Waals surface area contributed by atoms with E-state index < -0.39 is 10.0 Å². The summed E-state index contributed by atoms with van der Waals surface area (Å²) in [6.07, 6.45) is 5.55. The van der Waals surface area contributed by atoms with Gasteiger partial charge in [-0.3, -0.25) is 9.71 Å². The van der Waals surface area contributed by atoms with Crippen molar-refractivity contribution in [1.82, 2.24) is 15.3 Å². The van der Waals surface area contributed by atoms with Gasteiger partial charge in [0.15, 0.2) is 0 Å². The number of rotatable bonds is 6. The summed E-state index contributed by atoms with van der Waals surface area (Å²) < 4.78 is 27.2. The van der Waals surface area contributed by atoms with Crippen molar-refractivity contribution in [3.8, 4) is 0 Å². The Balaban J connectivity index is 1.73. The number of H-pyrrole nitrogens is 1. The van der Waals surface area contributed by atoms with E-state index in [-0.39, 0.29) is 4.90 Å². The van der Waals surface area contributed by atoms with E-state index in [9.17, 15) is 8.42 Å². The van der Waals surface area contributed by atoms with Gasteiger partial charge in [0.25, 0.3) is 10.0 Å². The second-order valence-electron chi connectivity index (χ2n) is 5.26. The molecule has 21 heavy (non-hydrogen) atoms. The lowest BCUT2D eigenvalue weighted by Crippen LogP contribution is -2.15. The van der Waals surface area contributed by atoms with E-state index in [0.717, 1.165) is 5.69 Å². The minimum atomic E-state index is -3.59. The fourth-order valence-corrected chi connectivity index (χ4v) is 3.15. The van der Waals surface area contributed by atoms with Gasteiger partial charge in [0, 0.05) is 30.7 Å². The maximum atomic E-state index is 12.3. The molecule has 7 heteroatoms. The maximum Gasteiger partial charge on any atom is 0.263 e. The Kier molecular flexibility index (Phi) is 3.69. The number of aryl methyl sites for hydroxylation is 1. The van der Waals surface area contributed by atoms with E-state index >= 15 is 0 Å². The Morgan fingerprint density at radius 3 is 2.95 bits per heavy atom. The van der Waals surface area contributed by atoms with Crippen molar-refractivity contribution in [3.05, 3.63) is 42.0 Å². The normalized spacial score (nSPS) is 15.1. The molecule has 0 unspecified atom stereocenters. The molecule has 2 aromatic rings. The Bertz CT molecular complexity index is 735. The molecular weight excluding hydrogens is 288 g/mol. The number of sulfonamides is 1. The van der Waals surface area contributed by atoms with Gasteiger partial charge in [-0.25, -0.2) is 8.42 Å². The van der Waals surface area contributed by atoms with Crippen LogP contribution in [0.4, 0.5) is 5.69 Å². The Hall–Kier alpha value is -1.86. The van der Waals surface area contributed by atoms with Crippen LogP contribution < -0.4 is 10.0 Å². The molecule has 0 saturated heterocycles. The van der Waals surface area contributed by atoms with Crippen LogP contribution in [-0.2, 0) is 16.6 Å². The quantitative estimate of drug-likeness (QED) is 0.759. The van der Waals surface area contributed by atoms with Crippen LogP contribution in [0.5, 0.6) is 0 Å². The molecule has 0 spiro atoms. The molecular formula is C14H18N4O2S. The van der Waals surface area contributed by atoms with Crippen LogP contribution in [0.3, 0.4) is 0 Å². The highest BCUT2D eigenvalue weighted by atomic mass is 32.2. The predicted molar refractivity (Wildman–Crippen MR) is 80.4 cm³/mol. The average molecular weight is 306 g/mol. The van der Waals surface area contributed by atoms with Gasteiger partial charge in [-0.1, -0.05) is 0 Å². The molecule has 3 rings (SSSR count). The highest BCUT2D eigenvalue weighted by Gasteiger charge is 2.21. The second-order valence-corrected chi connectivity index (χ2v) is 6.94. The third-order valence-corrected chi connectivity index (χ3v) is 4.78. The molecule has 1 aliphatic carbocycles. The van der Waals surface area contributed by atoms with E-state index in [2.05, 4.69) is 20.0 Å². The van der Waals surface area contributed by atoms with Crippen LogP contribution in [0.25, 0.3) is 0 Å². The summed E-state index contributed by atoms with van der Waals surface area (Å²) in [5.41, 5.74) is 2.01. The standard InChI is InChI=1S/C14H18N4O2S/c1-10-14(3-2-6-15-10)18-21(19,20)13-7-12(17-9-13)8-16-11-4-5-11/h2-3,6-7,9,11,16-18H,4-5,8H2,1H3. The molecule has 1 aliphatic rings. The van der Waals surface area contributed by atoms with Crippen LogP contribution in [0.1, 0.15) is 24.2 Å². The van der Waals surface area contributed by atoms with Crippen LogP contribution in [0, 0.1) is 6.92 Å². The van der Waals surface area contributed by atoms with Gasteiger partial charge in [-0.15, -0.1) is 0 Å². The number of anilines is 1. The lowest BCUT2D eigenvalue weighted by atomic mass is 10.3. The van der Waals surface area contributed by atoms with Crippen molar-refractivity contribution in [3.63, 3.8) is 0 Å². The Labute approximate surface area is 124 Å². The molecule has 2 aromatic heterocycles. The largest absolute Gasteiger partial charge is 0.363 e. The molecule has 1 saturated carbocycles. The van der Waals surface area contributed by atoms with Crippen molar-refractivity contribution in [2.24, 2.45) is 0 Å².